The van der Waals surface area contributed by atoms with E-state index in [0.717, 1.165) is 16.7 Å². The topological polar surface area (TPSA) is 119 Å². The molecule has 1 atom stereocenters. The molecule has 1 saturated heterocycles. The number of likely N-dealkylation sites (tertiary alicyclic amines) is 1. The number of nitrogens with one attached hydrogen (secondary N) is 1. The van der Waals surface area contributed by atoms with Gasteiger partial charge in [0.1, 0.15) is 18.4 Å². The number of rotatable bonds is 9. The number of carbonyl (C=O) groups excluding carboxylic acids is 2. The maximum absolute atomic E-state index is 12.8. The van der Waals surface area contributed by atoms with Gasteiger partial charge in [0, 0.05) is 19.5 Å². The van der Waals surface area contributed by atoms with Gasteiger partial charge in [0.2, 0.25) is 21.8 Å². The van der Waals surface area contributed by atoms with Crippen LogP contribution in [0.25, 0.3) is 0 Å². The number of hydrogen-bond acceptors (Lipinski definition) is 5. The zero-order valence-corrected chi connectivity index (χ0v) is 19.9. The van der Waals surface area contributed by atoms with E-state index in [0.29, 0.717) is 31.7 Å². The third kappa shape index (κ3) is 6.46. The van der Waals surface area contributed by atoms with Crippen LogP contribution in [0.3, 0.4) is 0 Å². The first kappa shape index (κ1) is 24.4. The van der Waals surface area contributed by atoms with Gasteiger partial charge in [0.25, 0.3) is 0 Å². The first-order chi connectivity index (χ1) is 16.8. The van der Waals surface area contributed by atoms with Crippen molar-refractivity contribution < 1.29 is 22.7 Å². The van der Waals surface area contributed by atoms with E-state index in [1.165, 1.54) is 12.1 Å². The third-order valence-electron chi connectivity index (χ3n) is 5.87. The summed E-state index contributed by atoms with van der Waals surface area (Å²) in [6.07, 6.45) is 0.893. The molecule has 3 aromatic rings. The number of ether oxygens (including phenoxy) is 1. The number of hydrogen-bond donors (Lipinski definition) is 2. The first-order valence-corrected chi connectivity index (χ1v) is 12.8. The molecule has 1 heterocycles. The molecule has 9 heteroatoms. The fourth-order valence-electron chi connectivity index (χ4n) is 3.94. The molecule has 0 saturated carbocycles. The van der Waals surface area contributed by atoms with Crippen LogP contribution in [-0.2, 0) is 39.3 Å². The molecule has 8 nitrogen and oxygen atoms in total. The largest absolute Gasteiger partial charge is 0.489 e. The van der Waals surface area contributed by atoms with Crippen LogP contribution in [0, 0.1) is 0 Å². The Morgan fingerprint density at radius 2 is 1.60 bits per heavy atom. The fourth-order valence-corrected chi connectivity index (χ4v) is 4.45. The molecule has 0 bridgehead atoms. The number of primary sulfonamides is 1. The van der Waals surface area contributed by atoms with Gasteiger partial charge in [-0.3, -0.25) is 9.59 Å². The maximum atomic E-state index is 12.8. The lowest BCUT2D eigenvalue weighted by Crippen LogP contribution is -2.44. The Labute approximate surface area is 204 Å². The Bertz CT molecular complexity index is 1280. The Morgan fingerprint density at radius 3 is 2.26 bits per heavy atom. The van der Waals surface area contributed by atoms with E-state index in [1.807, 2.05) is 42.5 Å². The molecule has 3 aromatic carbocycles. The Balaban J connectivity index is 1.27. The van der Waals surface area contributed by atoms with Gasteiger partial charge in [0.15, 0.2) is 0 Å². The van der Waals surface area contributed by atoms with E-state index in [4.69, 9.17) is 9.88 Å². The van der Waals surface area contributed by atoms with Gasteiger partial charge in [0.05, 0.1) is 4.90 Å². The second-order valence-corrected chi connectivity index (χ2v) is 9.96. The summed E-state index contributed by atoms with van der Waals surface area (Å²) in [6.45, 7) is 1.04. The molecule has 2 amide bonds. The Kier molecular flexibility index (Phi) is 7.48. The lowest BCUT2D eigenvalue weighted by molar-refractivity contribution is -0.135. The van der Waals surface area contributed by atoms with Crippen molar-refractivity contribution in [3.63, 3.8) is 0 Å². The van der Waals surface area contributed by atoms with Crippen molar-refractivity contribution in [1.29, 1.82) is 0 Å². The highest BCUT2D eigenvalue weighted by Crippen LogP contribution is 2.22. The van der Waals surface area contributed by atoms with Crippen LogP contribution in [0.4, 0.5) is 0 Å². The standard InChI is InChI=1S/C26H27N3O5S/c27-35(32,33)23-12-8-21(9-13-23)18-34-22-10-6-19(7-11-22)16-28-26(31)24-14-15-25(30)29(24)17-20-4-2-1-3-5-20/h1-13,24H,14-18H2,(H,28,31)(H2,27,32,33)/t24-/m0/s1. The predicted octanol–water partition coefficient (Wildman–Crippen LogP) is 2.72. The minimum atomic E-state index is -3.72. The smallest absolute Gasteiger partial charge is 0.243 e. The number of benzene rings is 3. The van der Waals surface area contributed by atoms with Crippen molar-refractivity contribution in [2.24, 2.45) is 5.14 Å². The summed E-state index contributed by atoms with van der Waals surface area (Å²) in [5.41, 5.74) is 2.71. The summed E-state index contributed by atoms with van der Waals surface area (Å²) >= 11 is 0. The highest BCUT2D eigenvalue weighted by atomic mass is 32.2. The lowest BCUT2D eigenvalue weighted by atomic mass is 10.1. The summed E-state index contributed by atoms with van der Waals surface area (Å²) in [5, 5.41) is 8.05. The molecule has 3 N–H and O–H groups in total. The van der Waals surface area contributed by atoms with E-state index in [-0.39, 0.29) is 23.3 Å². The minimum Gasteiger partial charge on any atom is -0.489 e. The third-order valence-corrected chi connectivity index (χ3v) is 6.80. The summed E-state index contributed by atoms with van der Waals surface area (Å²) in [5.74, 6) is 0.482. The number of amides is 2. The summed E-state index contributed by atoms with van der Waals surface area (Å²) < 4.78 is 28.4. The molecule has 1 aliphatic rings. The Morgan fingerprint density at radius 1 is 0.943 bits per heavy atom. The quantitative estimate of drug-likeness (QED) is 0.475. The molecule has 35 heavy (non-hydrogen) atoms. The van der Waals surface area contributed by atoms with Gasteiger partial charge in [-0.25, -0.2) is 13.6 Å². The number of nitrogens with two attached hydrogens (primary N) is 1. The van der Waals surface area contributed by atoms with E-state index in [9.17, 15) is 18.0 Å². The monoisotopic (exact) mass is 493 g/mol. The van der Waals surface area contributed by atoms with Gasteiger partial charge in [-0.2, -0.15) is 0 Å². The molecular weight excluding hydrogens is 466 g/mol. The van der Waals surface area contributed by atoms with E-state index in [1.54, 1.807) is 29.2 Å². The normalized spacial score (nSPS) is 15.7. The van der Waals surface area contributed by atoms with Crippen LogP contribution in [0.1, 0.15) is 29.5 Å². The van der Waals surface area contributed by atoms with E-state index < -0.39 is 16.1 Å². The number of carbonyl (C=O) groups is 2. The molecule has 0 aliphatic carbocycles. The molecule has 182 valence electrons. The van der Waals surface area contributed by atoms with Crippen molar-refractivity contribution in [3.05, 3.63) is 95.6 Å². The first-order valence-electron chi connectivity index (χ1n) is 11.2. The van der Waals surface area contributed by atoms with Crippen molar-refractivity contribution in [3.8, 4) is 5.75 Å². The average molecular weight is 494 g/mol. The van der Waals surface area contributed by atoms with Gasteiger partial charge in [-0.15, -0.1) is 0 Å². The number of sulfonamides is 1. The van der Waals surface area contributed by atoms with Crippen LogP contribution in [0.2, 0.25) is 0 Å². The SMILES string of the molecule is NS(=O)(=O)c1ccc(COc2ccc(CNC(=O)[C@@H]3CCC(=O)N3Cc3ccccc3)cc2)cc1. The Hall–Kier alpha value is -3.69. The van der Waals surface area contributed by atoms with Gasteiger partial charge >= 0.3 is 0 Å². The maximum Gasteiger partial charge on any atom is 0.243 e. The van der Waals surface area contributed by atoms with Crippen LogP contribution >= 0.6 is 0 Å². The highest BCUT2D eigenvalue weighted by Gasteiger charge is 2.35. The second-order valence-electron chi connectivity index (χ2n) is 8.40. The highest BCUT2D eigenvalue weighted by molar-refractivity contribution is 7.89. The van der Waals surface area contributed by atoms with Crippen LogP contribution < -0.4 is 15.2 Å². The second kappa shape index (κ2) is 10.7. The van der Waals surface area contributed by atoms with Crippen LogP contribution in [0.15, 0.2) is 83.8 Å². The molecule has 1 fully saturated rings. The van der Waals surface area contributed by atoms with E-state index >= 15 is 0 Å². The van der Waals surface area contributed by atoms with Gasteiger partial charge < -0.3 is 15.0 Å². The average Bonchev–Trinajstić information content (AvgIpc) is 3.22. The van der Waals surface area contributed by atoms with Crippen molar-refractivity contribution >= 4 is 21.8 Å². The van der Waals surface area contributed by atoms with Gasteiger partial charge in [-0.1, -0.05) is 54.6 Å². The molecule has 0 unspecified atom stereocenters. The lowest BCUT2D eigenvalue weighted by Gasteiger charge is -2.24. The fraction of sp³-hybridized carbons (Fsp3) is 0.231. The minimum absolute atomic E-state index is 0.00482. The molecule has 0 aromatic heterocycles. The molecule has 0 radical (unpaired) electrons. The molecule has 1 aliphatic heterocycles. The van der Waals surface area contributed by atoms with Crippen molar-refractivity contribution in [2.45, 2.75) is 43.5 Å². The zero-order chi connectivity index (χ0) is 24.8. The summed E-state index contributed by atoms with van der Waals surface area (Å²) in [6, 6.07) is 22.7. The molecular formula is C26H27N3O5S. The van der Waals surface area contributed by atoms with Crippen LogP contribution in [-0.4, -0.2) is 31.2 Å². The predicted molar refractivity (Wildman–Crippen MR) is 130 cm³/mol. The zero-order valence-electron chi connectivity index (χ0n) is 19.1. The molecule has 4 rings (SSSR count). The van der Waals surface area contributed by atoms with Crippen LogP contribution in [0.5, 0.6) is 5.75 Å². The molecule has 0 spiro atoms. The van der Waals surface area contributed by atoms with Gasteiger partial charge in [-0.05, 0) is 47.4 Å². The van der Waals surface area contributed by atoms with E-state index in [2.05, 4.69) is 5.32 Å². The van der Waals surface area contributed by atoms with Crippen molar-refractivity contribution in [2.75, 3.05) is 0 Å². The summed E-state index contributed by atoms with van der Waals surface area (Å²) in [7, 11) is -3.72. The number of nitrogens with zero attached hydrogens (tertiary/aromatic N) is 1. The summed E-state index contributed by atoms with van der Waals surface area (Å²) in [4.78, 5) is 26.8. The van der Waals surface area contributed by atoms with Crippen molar-refractivity contribution in [1.82, 2.24) is 10.2 Å².